The Morgan fingerprint density at radius 3 is 2.88 bits per heavy atom. The van der Waals surface area contributed by atoms with Crippen LogP contribution in [0.4, 0.5) is 5.69 Å². The minimum atomic E-state index is 0.722. The summed E-state index contributed by atoms with van der Waals surface area (Å²) in [6.45, 7) is 1.17. The van der Waals surface area contributed by atoms with Crippen LogP contribution in [0.25, 0.3) is 0 Å². The molecule has 0 saturated carbocycles. The smallest absolute Gasteiger partial charge is 0.164 e. The van der Waals surface area contributed by atoms with E-state index >= 15 is 0 Å². The second kappa shape index (κ2) is 4.91. The maximum Gasteiger partial charge on any atom is 0.164 e. The van der Waals surface area contributed by atoms with Gasteiger partial charge >= 0.3 is 0 Å². The Morgan fingerprint density at radius 2 is 2.06 bits per heavy atom. The molecule has 0 aliphatic carbocycles. The van der Waals surface area contributed by atoms with Crippen molar-refractivity contribution in [3.8, 4) is 0 Å². The molecule has 0 aromatic heterocycles. The Balaban J connectivity index is 1.81. The molecule has 2 aliphatic rings. The highest BCUT2D eigenvalue weighted by molar-refractivity contribution is 8.14. The van der Waals surface area contributed by atoms with Gasteiger partial charge in [0.1, 0.15) is 0 Å². The molecule has 2 aliphatic heterocycles. The van der Waals surface area contributed by atoms with Crippen LogP contribution in [0, 0.1) is 0 Å². The lowest BCUT2D eigenvalue weighted by Crippen LogP contribution is -2.37. The fourth-order valence-corrected chi connectivity index (χ4v) is 3.79. The van der Waals surface area contributed by atoms with E-state index in [0.29, 0.717) is 0 Å². The minimum Gasteiger partial charge on any atom is -0.347 e. The molecule has 0 radical (unpaired) electrons. The SMILES string of the molecule is Clc1ccc(N=C2SC[C@H]3CCCCN23)cc1. The number of rotatable bonds is 1. The summed E-state index contributed by atoms with van der Waals surface area (Å²) in [5.74, 6) is 1.20. The number of fused-ring (bicyclic) bond motifs is 1. The number of hydrogen-bond donors (Lipinski definition) is 0. The molecule has 2 saturated heterocycles. The molecule has 2 heterocycles. The van der Waals surface area contributed by atoms with Gasteiger partial charge in [0.05, 0.1) is 5.69 Å². The van der Waals surface area contributed by atoms with Gasteiger partial charge in [-0.25, -0.2) is 4.99 Å². The van der Waals surface area contributed by atoms with E-state index in [-0.39, 0.29) is 0 Å². The number of halogens is 1. The highest BCUT2D eigenvalue weighted by Gasteiger charge is 2.31. The molecule has 0 bridgehead atoms. The molecule has 3 rings (SSSR count). The van der Waals surface area contributed by atoms with Crippen LogP contribution in [0.5, 0.6) is 0 Å². The molecule has 0 unspecified atom stereocenters. The van der Waals surface area contributed by atoms with E-state index in [4.69, 9.17) is 16.6 Å². The molecule has 0 N–H and O–H groups in total. The molecule has 1 atom stereocenters. The maximum absolute atomic E-state index is 5.87. The van der Waals surface area contributed by atoms with Crippen molar-refractivity contribution < 1.29 is 0 Å². The molecule has 17 heavy (non-hydrogen) atoms. The summed E-state index contributed by atoms with van der Waals surface area (Å²) in [5, 5.41) is 1.96. The van der Waals surface area contributed by atoms with Crippen LogP contribution >= 0.6 is 23.4 Å². The number of nitrogens with zero attached hydrogens (tertiary/aromatic N) is 2. The number of thioether (sulfide) groups is 1. The monoisotopic (exact) mass is 266 g/mol. The molecular formula is C13H15ClN2S. The van der Waals surface area contributed by atoms with E-state index in [1.54, 1.807) is 0 Å². The average molecular weight is 267 g/mol. The molecule has 2 nitrogen and oxygen atoms in total. The molecule has 1 aromatic carbocycles. The van der Waals surface area contributed by atoms with E-state index in [9.17, 15) is 0 Å². The largest absolute Gasteiger partial charge is 0.347 e. The van der Waals surface area contributed by atoms with E-state index in [1.165, 1.54) is 36.7 Å². The van der Waals surface area contributed by atoms with Gasteiger partial charge in [0.15, 0.2) is 5.17 Å². The van der Waals surface area contributed by atoms with Gasteiger partial charge in [-0.05, 0) is 43.5 Å². The van der Waals surface area contributed by atoms with Crippen molar-refractivity contribution >= 4 is 34.2 Å². The van der Waals surface area contributed by atoms with Crippen LogP contribution in [0.1, 0.15) is 19.3 Å². The van der Waals surface area contributed by atoms with Crippen LogP contribution in [-0.2, 0) is 0 Å². The van der Waals surface area contributed by atoms with Crippen molar-refractivity contribution in [2.45, 2.75) is 25.3 Å². The Hall–Kier alpha value is -0.670. The summed E-state index contributed by atoms with van der Waals surface area (Å²) in [7, 11) is 0. The Morgan fingerprint density at radius 1 is 1.24 bits per heavy atom. The van der Waals surface area contributed by atoms with Crippen molar-refractivity contribution in [3.63, 3.8) is 0 Å². The second-order valence-corrected chi connectivity index (χ2v) is 5.95. The number of amidine groups is 1. The van der Waals surface area contributed by atoms with E-state index in [1.807, 2.05) is 36.0 Å². The summed E-state index contributed by atoms with van der Waals surface area (Å²) >= 11 is 7.76. The highest BCUT2D eigenvalue weighted by atomic mass is 35.5. The zero-order valence-corrected chi connectivity index (χ0v) is 11.2. The molecule has 1 aromatic rings. The average Bonchev–Trinajstić information content (AvgIpc) is 2.76. The third-order valence-electron chi connectivity index (χ3n) is 3.33. The predicted octanol–water partition coefficient (Wildman–Crippen LogP) is 3.93. The van der Waals surface area contributed by atoms with Crippen LogP contribution in [0.3, 0.4) is 0 Å². The van der Waals surface area contributed by atoms with Crippen molar-refractivity contribution in [1.29, 1.82) is 0 Å². The van der Waals surface area contributed by atoms with E-state index in [0.717, 1.165) is 16.8 Å². The van der Waals surface area contributed by atoms with Crippen molar-refractivity contribution in [2.75, 3.05) is 12.3 Å². The molecule has 0 amide bonds. The Kier molecular flexibility index (Phi) is 3.30. The van der Waals surface area contributed by atoms with Crippen LogP contribution in [0.15, 0.2) is 29.3 Å². The molecule has 0 spiro atoms. The zero-order valence-electron chi connectivity index (χ0n) is 9.60. The summed E-state index contributed by atoms with van der Waals surface area (Å²) in [4.78, 5) is 7.21. The zero-order chi connectivity index (χ0) is 11.7. The summed E-state index contributed by atoms with van der Waals surface area (Å²) in [5.41, 5.74) is 1.00. The van der Waals surface area contributed by atoms with Crippen molar-refractivity contribution in [1.82, 2.24) is 4.90 Å². The summed E-state index contributed by atoms with van der Waals surface area (Å²) < 4.78 is 0. The quantitative estimate of drug-likeness (QED) is 0.765. The number of benzene rings is 1. The second-order valence-electron chi connectivity index (χ2n) is 4.52. The van der Waals surface area contributed by atoms with Gasteiger partial charge in [-0.3, -0.25) is 0 Å². The lowest BCUT2D eigenvalue weighted by molar-refractivity contribution is 0.275. The maximum atomic E-state index is 5.87. The lowest BCUT2D eigenvalue weighted by atomic mass is 10.1. The van der Waals surface area contributed by atoms with Gasteiger partial charge in [0.2, 0.25) is 0 Å². The van der Waals surface area contributed by atoms with Gasteiger partial charge in [-0.1, -0.05) is 23.4 Å². The standard InChI is InChI=1S/C13H15ClN2S/c14-10-4-6-11(7-5-10)15-13-16-8-2-1-3-12(16)9-17-13/h4-7,12H,1-3,8-9H2/t12-/m1/s1. The number of hydrogen-bond acceptors (Lipinski definition) is 2. The first-order valence-electron chi connectivity index (χ1n) is 6.06. The Labute approximate surface area is 111 Å². The predicted molar refractivity (Wildman–Crippen MR) is 75.4 cm³/mol. The van der Waals surface area contributed by atoms with E-state index < -0.39 is 0 Å². The van der Waals surface area contributed by atoms with Gasteiger partial charge in [0.25, 0.3) is 0 Å². The first-order chi connectivity index (χ1) is 8.33. The van der Waals surface area contributed by atoms with E-state index in [2.05, 4.69) is 4.90 Å². The summed E-state index contributed by atoms with van der Waals surface area (Å²) in [6, 6.07) is 8.47. The van der Waals surface area contributed by atoms with Crippen LogP contribution in [0.2, 0.25) is 5.02 Å². The van der Waals surface area contributed by atoms with Gasteiger partial charge in [-0.15, -0.1) is 0 Å². The highest BCUT2D eigenvalue weighted by Crippen LogP contribution is 2.32. The van der Waals surface area contributed by atoms with Crippen molar-refractivity contribution in [3.05, 3.63) is 29.3 Å². The van der Waals surface area contributed by atoms with Gasteiger partial charge < -0.3 is 4.90 Å². The first kappa shape index (κ1) is 11.4. The molecule has 2 fully saturated rings. The van der Waals surface area contributed by atoms with Gasteiger partial charge in [0, 0.05) is 23.4 Å². The Bertz CT molecular complexity index is 430. The molecular weight excluding hydrogens is 252 g/mol. The first-order valence-corrected chi connectivity index (χ1v) is 7.43. The molecule has 90 valence electrons. The lowest BCUT2D eigenvalue weighted by Gasteiger charge is -2.30. The topological polar surface area (TPSA) is 15.6 Å². The fourth-order valence-electron chi connectivity index (χ4n) is 2.40. The van der Waals surface area contributed by atoms with Crippen LogP contribution in [-0.4, -0.2) is 28.4 Å². The minimum absolute atomic E-state index is 0.722. The normalized spacial score (nSPS) is 26.3. The number of aliphatic imine (C=N–C) groups is 1. The third-order valence-corrected chi connectivity index (χ3v) is 4.72. The third kappa shape index (κ3) is 2.45. The molecule has 4 heteroatoms. The summed E-state index contributed by atoms with van der Waals surface area (Å²) in [6.07, 6.45) is 4.00. The fraction of sp³-hybridized carbons (Fsp3) is 0.462. The van der Waals surface area contributed by atoms with Gasteiger partial charge in [-0.2, -0.15) is 0 Å². The van der Waals surface area contributed by atoms with Crippen LogP contribution < -0.4 is 0 Å². The van der Waals surface area contributed by atoms with Crippen molar-refractivity contribution in [2.24, 2.45) is 4.99 Å². The number of piperidine rings is 1.